The molecule has 2 N–H and O–H groups in total. The van der Waals surface area contributed by atoms with Crippen LogP contribution in [0, 0.1) is 12.8 Å². The van der Waals surface area contributed by atoms with Gasteiger partial charge in [-0.15, -0.1) is 0 Å². The van der Waals surface area contributed by atoms with Gasteiger partial charge in [0.1, 0.15) is 6.04 Å². The number of hydrogen-bond acceptors (Lipinski definition) is 3. The molecule has 6 heteroatoms. The molecule has 3 amide bonds. The summed E-state index contributed by atoms with van der Waals surface area (Å²) < 4.78 is 0. The highest BCUT2D eigenvalue weighted by molar-refractivity contribution is 5.98. The summed E-state index contributed by atoms with van der Waals surface area (Å²) in [4.78, 5) is 40.5. The third-order valence-corrected chi connectivity index (χ3v) is 6.20. The number of hydrogen-bond donors (Lipinski definition) is 2. The van der Waals surface area contributed by atoms with E-state index in [1.54, 1.807) is 12.1 Å². The molecule has 170 valence electrons. The van der Waals surface area contributed by atoms with E-state index in [9.17, 15) is 14.4 Å². The first-order valence-electron chi connectivity index (χ1n) is 11.4. The number of likely N-dealkylation sites (tertiary alicyclic amines) is 1. The molecule has 0 spiro atoms. The molecule has 1 aliphatic heterocycles. The fourth-order valence-corrected chi connectivity index (χ4v) is 3.96. The number of aryl methyl sites for hydroxylation is 1. The molecule has 0 saturated carbocycles. The third kappa shape index (κ3) is 5.96. The van der Waals surface area contributed by atoms with Crippen molar-refractivity contribution in [3.63, 3.8) is 0 Å². The number of carbonyl (C=O) groups excluding carboxylic acids is 3. The molecule has 3 rings (SSSR count). The first kappa shape index (κ1) is 23.5. The molecule has 1 saturated heterocycles. The van der Waals surface area contributed by atoms with Gasteiger partial charge in [-0.2, -0.15) is 0 Å². The van der Waals surface area contributed by atoms with Crippen LogP contribution in [-0.4, -0.2) is 47.8 Å². The van der Waals surface area contributed by atoms with Crippen LogP contribution < -0.4 is 10.6 Å². The molecule has 0 unspecified atom stereocenters. The SMILES string of the molecule is CC[C@H](C)NC(=O)[C@@H](NC(=O)c1ccc(C)cc1)C1CCN(C(=O)c2ccccc2)CC1. The zero-order chi connectivity index (χ0) is 23.1. The molecule has 2 atom stereocenters. The Morgan fingerprint density at radius 2 is 1.56 bits per heavy atom. The predicted octanol–water partition coefficient (Wildman–Crippen LogP) is 3.56. The normalized spacial score (nSPS) is 16.2. The number of piperidine rings is 1. The van der Waals surface area contributed by atoms with Gasteiger partial charge >= 0.3 is 0 Å². The Morgan fingerprint density at radius 1 is 0.938 bits per heavy atom. The molecule has 2 aromatic carbocycles. The monoisotopic (exact) mass is 435 g/mol. The second kappa shape index (κ2) is 10.9. The van der Waals surface area contributed by atoms with Crippen LogP contribution in [0.2, 0.25) is 0 Å². The van der Waals surface area contributed by atoms with Gasteiger partial charge in [-0.1, -0.05) is 42.8 Å². The van der Waals surface area contributed by atoms with Crippen LogP contribution in [0.4, 0.5) is 0 Å². The lowest BCUT2D eigenvalue weighted by atomic mass is 9.88. The van der Waals surface area contributed by atoms with Gasteiger partial charge in [-0.3, -0.25) is 14.4 Å². The maximum absolute atomic E-state index is 13.1. The highest BCUT2D eigenvalue weighted by Gasteiger charge is 2.34. The predicted molar refractivity (Wildman–Crippen MR) is 125 cm³/mol. The topological polar surface area (TPSA) is 78.5 Å². The minimum Gasteiger partial charge on any atom is -0.352 e. The van der Waals surface area contributed by atoms with E-state index in [0.717, 1.165) is 12.0 Å². The van der Waals surface area contributed by atoms with Crippen LogP contribution in [0.3, 0.4) is 0 Å². The van der Waals surface area contributed by atoms with Crippen LogP contribution >= 0.6 is 0 Å². The molecule has 6 nitrogen and oxygen atoms in total. The van der Waals surface area contributed by atoms with E-state index < -0.39 is 6.04 Å². The van der Waals surface area contributed by atoms with Gasteiger partial charge in [0.15, 0.2) is 0 Å². The van der Waals surface area contributed by atoms with Crippen molar-refractivity contribution >= 4 is 17.7 Å². The molecule has 1 aliphatic rings. The molecule has 0 aromatic heterocycles. The Kier molecular flexibility index (Phi) is 8.03. The average molecular weight is 436 g/mol. The lowest BCUT2D eigenvalue weighted by Crippen LogP contribution is -2.55. The lowest BCUT2D eigenvalue weighted by Gasteiger charge is -2.36. The molecule has 0 radical (unpaired) electrons. The Balaban J connectivity index is 1.69. The van der Waals surface area contributed by atoms with E-state index >= 15 is 0 Å². The zero-order valence-corrected chi connectivity index (χ0v) is 19.1. The van der Waals surface area contributed by atoms with Crippen molar-refractivity contribution in [2.24, 2.45) is 5.92 Å². The van der Waals surface area contributed by atoms with Gasteiger partial charge in [0.2, 0.25) is 5.91 Å². The van der Waals surface area contributed by atoms with Crippen LogP contribution in [0.1, 0.15) is 59.4 Å². The van der Waals surface area contributed by atoms with Crippen molar-refractivity contribution in [2.45, 2.75) is 52.1 Å². The smallest absolute Gasteiger partial charge is 0.253 e. The Bertz CT molecular complexity index is 919. The van der Waals surface area contributed by atoms with E-state index in [1.165, 1.54) is 0 Å². The average Bonchev–Trinajstić information content (AvgIpc) is 2.82. The van der Waals surface area contributed by atoms with Gasteiger partial charge in [0, 0.05) is 30.3 Å². The maximum Gasteiger partial charge on any atom is 0.253 e. The summed E-state index contributed by atoms with van der Waals surface area (Å²) in [5.41, 5.74) is 2.28. The first-order valence-corrected chi connectivity index (χ1v) is 11.4. The summed E-state index contributed by atoms with van der Waals surface area (Å²) in [7, 11) is 0. The van der Waals surface area contributed by atoms with Gasteiger partial charge < -0.3 is 15.5 Å². The summed E-state index contributed by atoms with van der Waals surface area (Å²) in [6.07, 6.45) is 2.13. The molecule has 0 aliphatic carbocycles. The van der Waals surface area contributed by atoms with Crippen LogP contribution in [0.5, 0.6) is 0 Å². The quantitative estimate of drug-likeness (QED) is 0.698. The highest BCUT2D eigenvalue weighted by atomic mass is 16.2. The Hall–Kier alpha value is -3.15. The van der Waals surface area contributed by atoms with E-state index in [1.807, 2.05) is 68.1 Å². The lowest BCUT2D eigenvalue weighted by molar-refractivity contribution is -0.125. The summed E-state index contributed by atoms with van der Waals surface area (Å²) in [6.45, 7) is 7.06. The zero-order valence-electron chi connectivity index (χ0n) is 19.1. The standard InChI is InChI=1S/C26H33N3O3/c1-4-19(3)27-25(31)23(28-24(30)21-12-10-18(2)11-13-21)20-14-16-29(17-15-20)26(32)22-8-6-5-7-9-22/h5-13,19-20,23H,4,14-17H2,1-3H3,(H,27,31)(H,28,30)/t19-,23-/m0/s1. The van der Waals surface area contributed by atoms with Crippen molar-refractivity contribution in [3.8, 4) is 0 Å². The third-order valence-electron chi connectivity index (χ3n) is 6.20. The molecule has 2 aromatic rings. The molecular weight excluding hydrogens is 402 g/mol. The van der Waals surface area contributed by atoms with Crippen molar-refractivity contribution < 1.29 is 14.4 Å². The van der Waals surface area contributed by atoms with Crippen LogP contribution in [-0.2, 0) is 4.79 Å². The molecular formula is C26H33N3O3. The van der Waals surface area contributed by atoms with Gasteiger partial charge in [0.25, 0.3) is 11.8 Å². The Labute approximate surface area is 190 Å². The number of nitrogens with one attached hydrogen (secondary N) is 2. The van der Waals surface area contributed by atoms with Crippen LogP contribution in [0.25, 0.3) is 0 Å². The Morgan fingerprint density at radius 3 is 2.16 bits per heavy atom. The fourth-order valence-electron chi connectivity index (χ4n) is 3.96. The van der Waals surface area contributed by atoms with E-state index in [4.69, 9.17) is 0 Å². The minimum absolute atomic E-state index is 0.00773. The van der Waals surface area contributed by atoms with Gasteiger partial charge in [0.05, 0.1) is 0 Å². The second-order valence-electron chi connectivity index (χ2n) is 8.63. The van der Waals surface area contributed by atoms with Crippen molar-refractivity contribution in [3.05, 3.63) is 71.3 Å². The van der Waals surface area contributed by atoms with Crippen molar-refractivity contribution in [1.29, 1.82) is 0 Å². The van der Waals surface area contributed by atoms with Gasteiger partial charge in [-0.25, -0.2) is 0 Å². The number of rotatable bonds is 7. The number of carbonyl (C=O) groups is 3. The second-order valence-corrected chi connectivity index (χ2v) is 8.63. The van der Waals surface area contributed by atoms with E-state index in [2.05, 4.69) is 10.6 Å². The van der Waals surface area contributed by atoms with Crippen molar-refractivity contribution in [1.82, 2.24) is 15.5 Å². The summed E-state index contributed by atoms with van der Waals surface area (Å²) in [5.74, 6) is -0.439. The fraction of sp³-hybridized carbons (Fsp3) is 0.423. The molecule has 1 fully saturated rings. The van der Waals surface area contributed by atoms with Crippen LogP contribution in [0.15, 0.2) is 54.6 Å². The molecule has 32 heavy (non-hydrogen) atoms. The minimum atomic E-state index is -0.633. The molecule has 0 bridgehead atoms. The maximum atomic E-state index is 13.1. The largest absolute Gasteiger partial charge is 0.352 e. The first-order chi connectivity index (χ1) is 15.4. The van der Waals surface area contributed by atoms with E-state index in [0.29, 0.717) is 37.1 Å². The highest BCUT2D eigenvalue weighted by Crippen LogP contribution is 2.23. The number of benzene rings is 2. The van der Waals surface area contributed by atoms with Gasteiger partial charge in [-0.05, 0) is 63.3 Å². The number of amides is 3. The number of nitrogens with zero attached hydrogens (tertiary/aromatic N) is 1. The summed E-state index contributed by atoms with van der Waals surface area (Å²) in [5, 5.41) is 5.99. The van der Waals surface area contributed by atoms with Crippen molar-refractivity contribution in [2.75, 3.05) is 13.1 Å². The summed E-state index contributed by atoms with van der Waals surface area (Å²) >= 11 is 0. The summed E-state index contributed by atoms with van der Waals surface area (Å²) in [6, 6.07) is 16.0. The van der Waals surface area contributed by atoms with E-state index in [-0.39, 0.29) is 29.7 Å². The molecule has 1 heterocycles.